The van der Waals surface area contributed by atoms with E-state index in [1.807, 2.05) is 31.2 Å². The number of para-hydroxylation sites is 1. The second kappa shape index (κ2) is 7.90. The highest BCUT2D eigenvalue weighted by Gasteiger charge is 2.14. The van der Waals surface area contributed by atoms with Crippen LogP contribution in [0.3, 0.4) is 0 Å². The Bertz CT molecular complexity index is 828. The first-order chi connectivity index (χ1) is 11.5. The van der Waals surface area contributed by atoms with Gasteiger partial charge >= 0.3 is 0 Å². The van der Waals surface area contributed by atoms with Gasteiger partial charge in [0.25, 0.3) is 5.91 Å². The minimum atomic E-state index is -3.59. The summed E-state index contributed by atoms with van der Waals surface area (Å²) in [5.41, 5.74) is 2.19. The number of hydrogen-bond donors (Lipinski definition) is 2. The number of carbonyl (C=O) groups excluding carboxylic acids is 1. The molecule has 0 atom stereocenters. The molecule has 1 amide bonds. The van der Waals surface area contributed by atoms with Gasteiger partial charge < -0.3 is 5.32 Å². The van der Waals surface area contributed by atoms with E-state index in [0.717, 1.165) is 17.7 Å². The maximum Gasteiger partial charge on any atom is 0.255 e. The standard InChI is InChI=1S/C18H20N2O3S/c1-3-13-19-24(22,23)16-11-9-15(10-12-16)18(21)20-17-8-6-5-7-14(17)4-2/h3,5-12,19H,1,4,13H2,2H3,(H,20,21). The van der Waals surface area contributed by atoms with E-state index in [-0.39, 0.29) is 17.3 Å². The Balaban J connectivity index is 2.15. The van der Waals surface area contributed by atoms with Gasteiger partial charge in [-0.05, 0) is 42.3 Å². The fourth-order valence-corrected chi connectivity index (χ4v) is 3.18. The zero-order valence-electron chi connectivity index (χ0n) is 13.5. The van der Waals surface area contributed by atoms with E-state index in [9.17, 15) is 13.2 Å². The van der Waals surface area contributed by atoms with Gasteiger partial charge in [0, 0.05) is 17.8 Å². The molecular weight excluding hydrogens is 324 g/mol. The van der Waals surface area contributed by atoms with E-state index in [1.165, 1.54) is 30.3 Å². The highest BCUT2D eigenvalue weighted by molar-refractivity contribution is 7.89. The van der Waals surface area contributed by atoms with Crippen LogP contribution in [0.25, 0.3) is 0 Å². The van der Waals surface area contributed by atoms with E-state index in [1.54, 1.807) is 0 Å². The molecule has 2 aromatic rings. The highest BCUT2D eigenvalue weighted by Crippen LogP contribution is 2.17. The van der Waals surface area contributed by atoms with Crippen molar-refractivity contribution in [2.24, 2.45) is 0 Å². The minimum absolute atomic E-state index is 0.106. The predicted molar refractivity (Wildman–Crippen MR) is 95.6 cm³/mol. The number of sulfonamides is 1. The summed E-state index contributed by atoms with van der Waals surface area (Å²) in [5.74, 6) is -0.279. The molecule has 0 aromatic heterocycles. The van der Waals surface area contributed by atoms with Crippen LogP contribution in [0.15, 0.2) is 66.1 Å². The van der Waals surface area contributed by atoms with E-state index >= 15 is 0 Å². The molecule has 0 fully saturated rings. The van der Waals surface area contributed by atoms with Crippen molar-refractivity contribution in [3.63, 3.8) is 0 Å². The van der Waals surface area contributed by atoms with Crippen molar-refractivity contribution in [1.82, 2.24) is 4.72 Å². The summed E-state index contributed by atoms with van der Waals surface area (Å²) in [5, 5.41) is 2.85. The molecule has 0 unspecified atom stereocenters. The summed E-state index contributed by atoms with van der Waals surface area (Å²) in [6.45, 7) is 5.63. The number of anilines is 1. The van der Waals surface area contributed by atoms with Crippen LogP contribution in [-0.2, 0) is 16.4 Å². The van der Waals surface area contributed by atoms with Crippen molar-refractivity contribution in [3.05, 3.63) is 72.3 Å². The predicted octanol–water partition coefficient (Wildman–Crippen LogP) is 2.97. The molecule has 2 aromatic carbocycles. The number of benzene rings is 2. The molecule has 0 spiro atoms. The molecule has 0 heterocycles. The molecule has 0 saturated carbocycles. The van der Waals surface area contributed by atoms with Crippen molar-refractivity contribution in [2.45, 2.75) is 18.2 Å². The van der Waals surface area contributed by atoms with E-state index in [4.69, 9.17) is 0 Å². The number of hydrogen-bond acceptors (Lipinski definition) is 3. The molecule has 2 N–H and O–H groups in total. The van der Waals surface area contributed by atoms with E-state index in [2.05, 4.69) is 16.6 Å². The summed E-state index contributed by atoms with van der Waals surface area (Å²) in [6, 6.07) is 13.4. The van der Waals surface area contributed by atoms with Gasteiger partial charge in [-0.25, -0.2) is 13.1 Å². The topological polar surface area (TPSA) is 75.3 Å². The monoisotopic (exact) mass is 344 g/mol. The van der Waals surface area contributed by atoms with Gasteiger partial charge in [-0.2, -0.15) is 0 Å². The van der Waals surface area contributed by atoms with Gasteiger partial charge in [-0.15, -0.1) is 6.58 Å². The van der Waals surface area contributed by atoms with Crippen molar-refractivity contribution >= 4 is 21.6 Å². The molecule has 0 aliphatic heterocycles. The van der Waals surface area contributed by atoms with Crippen LogP contribution >= 0.6 is 0 Å². The molecule has 126 valence electrons. The molecule has 6 heteroatoms. The largest absolute Gasteiger partial charge is 0.322 e. The lowest BCUT2D eigenvalue weighted by molar-refractivity contribution is 0.102. The van der Waals surface area contributed by atoms with Crippen molar-refractivity contribution in [3.8, 4) is 0 Å². The van der Waals surface area contributed by atoms with Crippen molar-refractivity contribution < 1.29 is 13.2 Å². The molecule has 5 nitrogen and oxygen atoms in total. The van der Waals surface area contributed by atoms with Crippen LogP contribution in [0.5, 0.6) is 0 Å². The lowest BCUT2D eigenvalue weighted by atomic mass is 10.1. The third-order valence-electron chi connectivity index (χ3n) is 3.49. The molecule has 0 aliphatic carbocycles. The second-order valence-electron chi connectivity index (χ2n) is 5.13. The average Bonchev–Trinajstić information content (AvgIpc) is 2.60. The van der Waals surface area contributed by atoms with Crippen LogP contribution in [0, 0.1) is 0 Å². The Morgan fingerprint density at radius 2 is 1.79 bits per heavy atom. The molecule has 0 saturated heterocycles. The quantitative estimate of drug-likeness (QED) is 0.758. The lowest BCUT2D eigenvalue weighted by Crippen LogP contribution is -2.23. The first kappa shape index (κ1) is 17.9. The summed E-state index contributed by atoms with van der Waals surface area (Å²) in [4.78, 5) is 12.4. The first-order valence-corrected chi connectivity index (χ1v) is 9.06. The third kappa shape index (κ3) is 4.31. The fourth-order valence-electron chi connectivity index (χ4n) is 2.18. The SMILES string of the molecule is C=CCNS(=O)(=O)c1ccc(C(=O)Nc2ccccc2CC)cc1. The van der Waals surface area contributed by atoms with Crippen LogP contribution in [-0.4, -0.2) is 20.9 Å². The molecule has 0 aliphatic rings. The molecule has 0 bridgehead atoms. The van der Waals surface area contributed by atoms with Crippen LogP contribution in [0.1, 0.15) is 22.8 Å². The van der Waals surface area contributed by atoms with Gasteiger partial charge in [-0.3, -0.25) is 4.79 Å². The summed E-state index contributed by atoms with van der Waals surface area (Å²) in [7, 11) is -3.59. The number of carbonyl (C=O) groups is 1. The number of nitrogens with one attached hydrogen (secondary N) is 2. The average molecular weight is 344 g/mol. The maximum atomic E-state index is 12.3. The van der Waals surface area contributed by atoms with Gasteiger partial charge in [-0.1, -0.05) is 31.2 Å². The molecule has 0 radical (unpaired) electrons. The van der Waals surface area contributed by atoms with E-state index in [0.29, 0.717) is 5.56 Å². The maximum absolute atomic E-state index is 12.3. The van der Waals surface area contributed by atoms with Gasteiger partial charge in [0.1, 0.15) is 0 Å². The van der Waals surface area contributed by atoms with Gasteiger partial charge in [0.2, 0.25) is 10.0 Å². The lowest BCUT2D eigenvalue weighted by Gasteiger charge is -2.10. The fraction of sp³-hybridized carbons (Fsp3) is 0.167. The van der Waals surface area contributed by atoms with Crippen molar-refractivity contribution in [1.29, 1.82) is 0 Å². The zero-order chi connectivity index (χ0) is 17.6. The number of aryl methyl sites for hydroxylation is 1. The molecule has 24 heavy (non-hydrogen) atoms. The van der Waals surface area contributed by atoms with Crippen LogP contribution < -0.4 is 10.0 Å². The highest BCUT2D eigenvalue weighted by atomic mass is 32.2. The second-order valence-corrected chi connectivity index (χ2v) is 6.90. The Morgan fingerprint density at radius 1 is 1.12 bits per heavy atom. The van der Waals surface area contributed by atoms with Crippen LogP contribution in [0.4, 0.5) is 5.69 Å². The van der Waals surface area contributed by atoms with Gasteiger partial charge in [0.15, 0.2) is 0 Å². The molecule has 2 rings (SSSR count). The number of rotatable bonds is 7. The smallest absolute Gasteiger partial charge is 0.255 e. The minimum Gasteiger partial charge on any atom is -0.322 e. The number of amides is 1. The summed E-state index contributed by atoms with van der Waals surface area (Å²) in [6.07, 6.45) is 2.27. The Kier molecular flexibility index (Phi) is 5.89. The van der Waals surface area contributed by atoms with Gasteiger partial charge in [0.05, 0.1) is 4.90 Å². The molecular formula is C18H20N2O3S. The zero-order valence-corrected chi connectivity index (χ0v) is 14.3. The first-order valence-electron chi connectivity index (χ1n) is 7.58. The third-order valence-corrected chi connectivity index (χ3v) is 4.93. The Morgan fingerprint density at radius 3 is 2.42 bits per heavy atom. The summed E-state index contributed by atoms with van der Waals surface area (Å²) >= 11 is 0. The summed E-state index contributed by atoms with van der Waals surface area (Å²) < 4.78 is 26.4. The van der Waals surface area contributed by atoms with Crippen molar-refractivity contribution in [2.75, 3.05) is 11.9 Å². The Hall–Kier alpha value is -2.44. The van der Waals surface area contributed by atoms with E-state index < -0.39 is 10.0 Å². The van der Waals surface area contributed by atoms with Crippen LogP contribution in [0.2, 0.25) is 0 Å². The Labute approximate surface area is 142 Å². The normalized spacial score (nSPS) is 11.0.